The Morgan fingerprint density at radius 1 is 0.556 bits per heavy atom. The predicted octanol–water partition coefficient (Wildman–Crippen LogP) is 16.5. The molecule has 0 amide bonds. The molecule has 0 spiro atoms. The zero-order valence-electron chi connectivity index (χ0n) is 36.4. The number of para-hydroxylation sites is 1. The molecule has 8 aromatic rings. The van der Waals surface area contributed by atoms with Gasteiger partial charge >= 0.3 is 0 Å². The van der Waals surface area contributed by atoms with E-state index in [-0.39, 0.29) is 0 Å². The first-order chi connectivity index (χ1) is 30.9. The van der Waals surface area contributed by atoms with Crippen molar-refractivity contribution in [2.24, 2.45) is 11.8 Å². The van der Waals surface area contributed by atoms with Crippen molar-refractivity contribution in [3.8, 4) is 22.5 Å². The third kappa shape index (κ3) is 6.25. The molecular weight excluding hydrogens is 876 g/mol. The van der Waals surface area contributed by atoms with Gasteiger partial charge in [-0.25, -0.2) is 0 Å². The Bertz CT molecular complexity index is 3280. The van der Waals surface area contributed by atoms with Gasteiger partial charge in [-0.1, -0.05) is 165 Å². The summed E-state index contributed by atoms with van der Waals surface area (Å²) in [5.74, 6) is 0.948. The van der Waals surface area contributed by atoms with Gasteiger partial charge in [0.05, 0.1) is 16.7 Å². The van der Waals surface area contributed by atoms with E-state index < -0.39 is 0 Å². The van der Waals surface area contributed by atoms with Crippen LogP contribution in [0, 0.1) is 11.8 Å². The molecule has 5 aliphatic carbocycles. The topological polar surface area (TPSA) is 9.86 Å². The quantitative estimate of drug-likeness (QED) is 0.123. The minimum absolute atomic E-state index is 0.419. The van der Waals surface area contributed by atoms with Crippen LogP contribution in [0.3, 0.4) is 0 Å². The Hall–Kier alpha value is -6.17. The standard InChI is InChI=1S/C47H36N2.C12H12.CH3I/c1-29-18-21-36-41-28-30(19-23-44(41)48(46(36)26-29)32-10-3-2-4-11-32)31-20-24-45-40(27-31)35-14-7-8-17-42(35)49(45)43-25-22-38-34-13-6-5-12-33(34)37-15-9-16-39(43)47(37)38;1-8-9(2)11-6-4-5-7-12(11)10(8)3;1-2/h2-4,7,9-16,18-25,27-29H,5-6,8,17,26H2,1H3;4-8H,2-3H2,1H3;1H3. The molecule has 308 valence electrons. The van der Waals surface area contributed by atoms with Gasteiger partial charge in [0.15, 0.2) is 0 Å². The summed E-state index contributed by atoms with van der Waals surface area (Å²) in [7, 11) is 0. The van der Waals surface area contributed by atoms with Crippen molar-refractivity contribution in [2.75, 3.05) is 4.93 Å². The number of alkyl halides is 1. The number of fused-ring (bicyclic) bond motifs is 10. The van der Waals surface area contributed by atoms with Crippen LogP contribution in [0.4, 0.5) is 0 Å². The lowest BCUT2D eigenvalue weighted by molar-refractivity contribution is 0.690. The van der Waals surface area contributed by atoms with Gasteiger partial charge in [0.2, 0.25) is 0 Å². The number of hydrogen-bond donors (Lipinski definition) is 0. The molecule has 0 N–H and O–H groups in total. The highest BCUT2D eigenvalue weighted by Gasteiger charge is 2.29. The van der Waals surface area contributed by atoms with Crippen molar-refractivity contribution in [3.05, 3.63) is 204 Å². The average molecular weight is 927 g/mol. The molecule has 3 heteroatoms. The number of rotatable bonds is 3. The molecule has 1 atom stereocenters. The Morgan fingerprint density at radius 3 is 1.84 bits per heavy atom. The van der Waals surface area contributed by atoms with Gasteiger partial charge in [0.1, 0.15) is 0 Å². The third-order valence-corrected chi connectivity index (χ3v) is 14.2. The largest absolute Gasteiger partial charge is 0.313 e. The fourth-order valence-electron chi connectivity index (χ4n) is 11.1. The fraction of sp³-hybridized carbons (Fsp3) is 0.167. The summed E-state index contributed by atoms with van der Waals surface area (Å²) in [6.45, 7) is 12.6. The highest BCUT2D eigenvalue weighted by Crippen LogP contribution is 2.50. The molecule has 13 rings (SSSR count). The number of nitrogens with zero attached hydrogens (tertiary/aromatic N) is 2. The maximum absolute atomic E-state index is 4.07. The number of halogens is 1. The normalized spacial score (nSPS) is 16.8. The maximum Gasteiger partial charge on any atom is 0.0538 e. The zero-order valence-corrected chi connectivity index (χ0v) is 38.5. The number of benzene rings is 6. The van der Waals surface area contributed by atoms with E-state index in [4.69, 9.17) is 0 Å². The second-order valence-electron chi connectivity index (χ2n) is 17.7. The zero-order chi connectivity index (χ0) is 42.9. The second-order valence-corrected chi connectivity index (χ2v) is 17.7. The third-order valence-electron chi connectivity index (χ3n) is 14.2. The van der Waals surface area contributed by atoms with E-state index in [0.29, 0.717) is 11.8 Å². The summed E-state index contributed by atoms with van der Waals surface area (Å²) in [5, 5.41) is 5.44. The monoisotopic (exact) mass is 926 g/mol. The van der Waals surface area contributed by atoms with E-state index in [1.807, 2.05) is 4.93 Å². The van der Waals surface area contributed by atoms with Gasteiger partial charge in [-0.2, -0.15) is 0 Å². The highest BCUT2D eigenvalue weighted by molar-refractivity contribution is 14.1. The van der Waals surface area contributed by atoms with Crippen molar-refractivity contribution in [1.82, 2.24) is 9.13 Å². The SMILES string of the molecule is C=C1c2ccccc2C(=C)C1C.CC1C=Cc2c(n(-c3ccccc3)c3ccc(-c4ccc5c(c4)c4c(n5-c5ccc6c7c(cccc57)C5=CCCC=C56)CCC=C4)cc23)C1.CI. The summed E-state index contributed by atoms with van der Waals surface area (Å²) in [6.07, 6.45) is 19.8. The lowest BCUT2D eigenvalue weighted by Gasteiger charge is -2.17. The van der Waals surface area contributed by atoms with E-state index in [1.54, 1.807) is 0 Å². The van der Waals surface area contributed by atoms with Crippen molar-refractivity contribution < 1.29 is 0 Å². The molecule has 0 fully saturated rings. The number of aromatic nitrogens is 2. The van der Waals surface area contributed by atoms with Crippen LogP contribution in [0.1, 0.15) is 77.9 Å². The molecular formula is C60H51IN2. The van der Waals surface area contributed by atoms with Gasteiger partial charge in [-0.3, -0.25) is 0 Å². The lowest BCUT2D eigenvalue weighted by Crippen LogP contribution is -2.08. The molecule has 0 aliphatic heterocycles. The van der Waals surface area contributed by atoms with E-state index in [0.717, 1.165) is 32.1 Å². The first-order valence-electron chi connectivity index (χ1n) is 22.5. The molecule has 5 aliphatic rings. The highest BCUT2D eigenvalue weighted by atomic mass is 127. The minimum Gasteiger partial charge on any atom is -0.313 e. The van der Waals surface area contributed by atoms with E-state index in [1.165, 1.54) is 122 Å². The smallest absolute Gasteiger partial charge is 0.0538 e. The van der Waals surface area contributed by atoms with Crippen LogP contribution in [-0.2, 0) is 12.8 Å². The summed E-state index contributed by atoms with van der Waals surface area (Å²) >= 11 is 2.15. The maximum atomic E-state index is 4.07. The van der Waals surface area contributed by atoms with E-state index in [2.05, 4.69) is 217 Å². The molecule has 2 aromatic heterocycles. The van der Waals surface area contributed by atoms with Crippen LogP contribution in [0.2, 0.25) is 0 Å². The molecule has 0 bridgehead atoms. The summed E-state index contributed by atoms with van der Waals surface area (Å²) in [6, 6.07) is 45.2. The van der Waals surface area contributed by atoms with Gasteiger partial charge < -0.3 is 9.13 Å². The van der Waals surface area contributed by atoms with Crippen molar-refractivity contribution >= 4 is 89.6 Å². The minimum atomic E-state index is 0.419. The molecule has 2 heterocycles. The van der Waals surface area contributed by atoms with Crippen molar-refractivity contribution in [3.63, 3.8) is 0 Å². The fourth-order valence-corrected chi connectivity index (χ4v) is 11.1. The first-order valence-corrected chi connectivity index (χ1v) is 24.7. The second kappa shape index (κ2) is 15.9. The van der Waals surface area contributed by atoms with Crippen LogP contribution < -0.4 is 0 Å². The van der Waals surface area contributed by atoms with Crippen LogP contribution >= 0.6 is 22.6 Å². The van der Waals surface area contributed by atoms with Crippen molar-refractivity contribution in [2.45, 2.75) is 46.0 Å². The van der Waals surface area contributed by atoms with Crippen molar-refractivity contribution in [1.29, 1.82) is 0 Å². The summed E-state index contributed by atoms with van der Waals surface area (Å²) < 4.78 is 5.07. The Balaban J connectivity index is 0.000000273. The molecule has 2 nitrogen and oxygen atoms in total. The molecule has 63 heavy (non-hydrogen) atoms. The summed E-state index contributed by atoms with van der Waals surface area (Å²) in [5.41, 5.74) is 23.8. The molecule has 0 saturated carbocycles. The van der Waals surface area contributed by atoms with E-state index >= 15 is 0 Å². The van der Waals surface area contributed by atoms with Gasteiger partial charge in [0.25, 0.3) is 0 Å². The van der Waals surface area contributed by atoms with Gasteiger partial charge in [0, 0.05) is 50.3 Å². The van der Waals surface area contributed by atoms with Crippen LogP contribution in [0.5, 0.6) is 0 Å². The molecule has 0 saturated heterocycles. The Morgan fingerprint density at radius 2 is 1.16 bits per heavy atom. The average Bonchev–Trinajstić information content (AvgIpc) is 4.03. The van der Waals surface area contributed by atoms with Crippen LogP contribution in [0.15, 0.2) is 159 Å². The van der Waals surface area contributed by atoms with Gasteiger partial charge in [-0.05, 0) is 146 Å². The molecule has 1 unspecified atom stereocenters. The number of allylic oxidation sites excluding steroid dienone is 8. The molecule has 0 radical (unpaired) electrons. The van der Waals surface area contributed by atoms with Gasteiger partial charge in [-0.15, -0.1) is 0 Å². The predicted molar refractivity (Wildman–Crippen MR) is 281 cm³/mol. The number of hydrogen-bond acceptors (Lipinski definition) is 0. The summed E-state index contributed by atoms with van der Waals surface area (Å²) in [4.78, 5) is 1.97. The first kappa shape index (κ1) is 39.7. The Labute approximate surface area is 385 Å². The molecule has 6 aromatic carbocycles. The van der Waals surface area contributed by atoms with Crippen LogP contribution in [-0.4, -0.2) is 14.1 Å². The lowest BCUT2D eigenvalue weighted by atomic mass is 9.93. The van der Waals surface area contributed by atoms with Crippen LogP contribution in [0.25, 0.3) is 89.5 Å². The Kier molecular flexibility index (Phi) is 9.99. The van der Waals surface area contributed by atoms with E-state index in [9.17, 15) is 0 Å².